The molecule has 2 nitrogen and oxygen atoms in total. The van der Waals surface area contributed by atoms with Gasteiger partial charge in [0.15, 0.2) is 0 Å². The molecular formula is C16H13ClN2. The van der Waals surface area contributed by atoms with E-state index in [9.17, 15) is 0 Å². The maximum Gasteiger partial charge on any atom is 0.0991 e. The predicted octanol–water partition coefficient (Wildman–Crippen LogP) is 3.73. The lowest BCUT2D eigenvalue weighted by atomic mass is 10.1. The molecule has 3 heteroatoms. The summed E-state index contributed by atoms with van der Waals surface area (Å²) in [7, 11) is 0. The Morgan fingerprint density at radius 3 is 2.68 bits per heavy atom. The van der Waals surface area contributed by atoms with Gasteiger partial charge < -0.3 is 0 Å². The number of benzene rings is 2. The minimum Gasteiger partial charge on any atom is -0.291 e. The van der Waals surface area contributed by atoms with Gasteiger partial charge in [-0.2, -0.15) is 5.26 Å². The maximum absolute atomic E-state index is 8.93. The maximum atomic E-state index is 8.93. The molecule has 0 amide bonds. The van der Waals surface area contributed by atoms with Gasteiger partial charge in [-0.15, -0.1) is 0 Å². The molecule has 0 saturated heterocycles. The molecule has 0 atom stereocenters. The molecule has 3 rings (SSSR count). The monoisotopic (exact) mass is 268 g/mol. The molecule has 0 unspecified atom stereocenters. The molecule has 0 spiro atoms. The number of nitriles is 1. The summed E-state index contributed by atoms with van der Waals surface area (Å²) in [5.41, 5.74) is 4.45. The molecule has 94 valence electrons. The highest BCUT2D eigenvalue weighted by Gasteiger charge is 2.19. The first-order valence-corrected chi connectivity index (χ1v) is 6.62. The molecule has 0 aromatic heterocycles. The van der Waals surface area contributed by atoms with Gasteiger partial charge in [0.05, 0.1) is 11.6 Å². The third kappa shape index (κ3) is 2.49. The number of halogens is 1. The van der Waals surface area contributed by atoms with Crippen LogP contribution in [0.1, 0.15) is 22.3 Å². The van der Waals surface area contributed by atoms with Crippen LogP contribution < -0.4 is 0 Å². The third-order valence-corrected chi connectivity index (χ3v) is 3.84. The van der Waals surface area contributed by atoms with Gasteiger partial charge >= 0.3 is 0 Å². The van der Waals surface area contributed by atoms with Crippen LogP contribution in [-0.2, 0) is 19.6 Å². The molecule has 0 radical (unpaired) electrons. The minimum absolute atomic E-state index is 0.735. The Morgan fingerprint density at radius 2 is 1.89 bits per heavy atom. The van der Waals surface area contributed by atoms with Gasteiger partial charge in [-0.3, -0.25) is 4.90 Å². The summed E-state index contributed by atoms with van der Waals surface area (Å²) in [6.07, 6.45) is 0. The van der Waals surface area contributed by atoms with Crippen molar-refractivity contribution in [3.63, 3.8) is 0 Å². The SMILES string of the molecule is N#Cc1ccc2c(c1)CN(Cc1ccccc1Cl)C2. The summed E-state index contributed by atoms with van der Waals surface area (Å²) in [4.78, 5) is 2.34. The zero-order chi connectivity index (χ0) is 13.2. The van der Waals surface area contributed by atoms with Gasteiger partial charge in [0.1, 0.15) is 0 Å². The quantitative estimate of drug-likeness (QED) is 0.830. The first-order valence-electron chi connectivity index (χ1n) is 6.24. The first-order chi connectivity index (χ1) is 9.26. The van der Waals surface area contributed by atoms with Gasteiger partial charge in [0, 0.05) is 24.7 Å². The van der Waals surface area contributed by atoms with E-state index < -0.39 is 0 Å². The van der Waals surface area contributed by atoms with E-state index in [1.165, 1.54) is 11.1 Å². The topological polar surface area (TPSA) is 27.0 Å². The predicted molar refractivity (Wildman–Crippen MR) is 75.6 cm³/mol. The summed E-state index contributed by atoms with van der Waals surface area (Å²) < 4.78 is 0. The summed E-state index contributed by atoms with van der Waals surface area (Å²) in [5.74, 6) is 0. The summed E-state index contributed by atoms with van der Waals surface area (Å²) in [6, 6.07) is 16.1. The fourth-order valence-corrected chi connectivity index (χ4v) is 2.71. The second-order valence-electron chi connectivity index (χ2n) is 4.83. The number of fused-ring (bicyclic) bond motifs is 1. The third-order valence-electron chi connectivity index (χ3n) is 3.48. The number of nitrogens with zero attached hydrogens (tertiary/aromatic N) is 2. The Bertz CT molecular complexity index is 658. The van der Waals surface area contributed by atoms with E-state index >= 15 is 0 Å². The summed E-state index contributed by atoms with van der Waals surface area (Å²) in [6.45, 7) is 2.65. The molecule has 1 aliphatic heterocycles. The van der Waals surface area contributed by atoms with E-state index in [0.29, 0.717) is 0 Å². The standard InChI is InChI=1S/C16H13ClN2/c17-16-4-2-1-3-14(16)10-19-9-13-6-5-12(8-18)7-15(13)11-19/h1-7H,9-11H2. The van der Waals surface area contributed by atoms with Crippen LogP contribution in [0.5, 0.6) is 0 Å². The highest BCUT2D eigenvalue weighted by Crippen LogP contribution is 2.26. The lowest BCUT2D eigenvalue weighted by molar-refractivity contribution is 0.275. The van der Waals surface area contributed by atoms with Gasteiger partial charge in [0.25, 0.3) is 0 Å². The van der Waals surface area contributed by atoms with E-state index in [0.717, 1.165) is 35.8 Å². The summed E-state index contributed by atoms with van der Waals surface area (Å²) in [5, 5.41) is 9.74. The van der Waals surface area contributed by atoms with Crippen molar-refractivity contribution in [3.8, 4) is 6.07 Å². The van der Waals surface area contributed by atoms with Crippen LogP contribution in [0.3, 0.4) is 0 Å². The average Bonchev–Trinajstić information content (AvgIpc) is 2.82. The van der Waals surface area contributed by atoms with Gasteiger partial charge in [-0.05, 0) is 34.9 Å². The van der Waals surface area contributed by atoms with Crippen LogP contribution in [0.25, 0.3) is 0 Å². The normalized spacial score (nSPS) is 14.1. The van der Waals surface area contributed by atoms with Crippen LogP contribution in [0.15, 0.2) is 42.5 Å². The second-order valence-corrected chi connectivity index (χ2v) is 5.24. The van der Waals surface area contributed by atoms with Crippen molar-refractivity contribution in [2.75, 3.05) is 0 Å². The molecule has 0 aliphatic carbocycles. The van der Waals surface area contributed by atoms with Crippen LogP contribution >= 0.6 is 11.6 Å². The fraction of sp³-hybridized carbons (Fsp3) is 0.188. The Kier molecular flexibility index (Phi) is 3.25. The van der Waals surface area contributed by atoms with Crippen LogP contribution in [0.4, 0.5) is 0 Å². The Balaban J connectivity index is 1.78. The molecule has 0 bridgehead atoms. The fourth-order valence-electron chi connectivity index (χ4n) is 2.51. The van der Waals surface area contributed by atoms with Gasteiger partial charge in [-0.1, -0.05) is 35.9 Å². The molecule has 1 heterocycles. The van der Waals surface area contributed by atoms with E-state index in [-0.39, 0.29) is 0 Å². The number of rotatable bonds is 2. The van der Waals surface area contributed by atoms with E-state index in [4.69, 9.17) is 16.9 Å². The van der Waals surface area contributed by atoms with E-state index in [2.05, 4.69) is 23.1 Å². The highest BCUT2D eigenvalue weighted by atomic mass is 35.5. The van der Waals surface area contributed by atoms with Gasteiger partial charge in [-0.25, -0.2) is 0 Å². The molecule has 0 saturated carbocycles. The zero-order valence-electron chi connectivity index (χ0n) is 10.4. The van der Waals surface area contributed by atoms with Crippen LogP contribution in [0.2, 0.25) is 5.02 Å². The minimum atomic E-state index is 0.735. The number of hydrogen-bond donors (Lipinski definition) is 0. The largest absolute Gasteiger partial charge is 0.291 e. The van der Waals surface area contributed by atoms with E-state index in [1.807, 2.05) is 30.3 Å². The molecule has 0 fully saturated rings. The average molecular weight is 269 g/mol. The van der Waals surface area contributed by atoms with E-state index in [1.54, 1.807) is 0 Å². The van der Waals surface area contributed by atoms with Gasteiger partial charge in [0.2, 0.25) is 0 Å². The second kappa shape index (κ2) is 5.05. The smallest absolute Gasteiger partial charge is 0.0991 e. The van der Waals surface area contributed by atoms with Crippen molar-refractivity contribution < 1.29 is 0 Å². The molecule has 0 N–H and O–H groups in total. The zero-order valence-corrected chi connectivity index (χ0v) is 11.2. The van der Waals surface area contributed by atoms with Crippen molar-refractivity contribution >= 4 is 11.6 Å². The Morgan fingerprint density at radius 1 is 1.11 bits per heavy atom. The molecule has 19 heavy (non-hydrogen) atoms. The Labute approximate surface area is 117 Å². The highest BCUT2D eigenvalue weighted by molar-refractivity contribution is 6.31. The Hall–Kier alpha value is -1.82. The number of hydrogen-bond acceptors (Lipinski definition) is 2. The molecule has 1 aliphatic rings. The molecular weight excluding hydrogens is 256 g/mol. The van der Waals surface area contributed by atoms with Crippen LogP contribution in [-0.4, -0.2) is 4.90 Å². The van der Waals surface area contributed by atoms with Crippen molar-refractivity contribution in [3.05, 3.63) is 69.7 Å². The van der Waals surface area contributed by atoms with Crippen LogP contribution in [0, 0.1) is 11.3 Å². The first kappa shape index (κ1) is 12.2. The molecule has 2 aromatic carbocycles. The van der Waals surface area contributed by atoms with Crippen molar-refractivity contribution in [1.82, 2.24) is 4.90 Å². The molecule has 2 aromatic rings. The summed E-state index contributed by atoms with van der Waals surface area (Å²) >= 11 is 6.19. The van der Waals surface area contributed by atoms with Crippen molar-refractivity contribution in [2.45, 2.75) is 19.6 Å². The van der Waals surface area contributed by atoms with Crippen molar-refractivity contribution in [2.24, 2.45) is 0 Å². The van der Waals surface area contributed by atoms with Crippen molar-refractivity contribution in [1.29, 1.82) is 5.26 Å². The lowest BCUT2D eigenvalue weighted by Crippen LogP contribution is -2.15. The lowest BCUT2D eigenvalue weighted by Gasteiger charge is -2.15.